The Kier molecular flexibility index (Phi) is 6.62. The van der Waals surface area contributed by atoms with Crippen molar-refractivity contribution < 1.29 is 4.79 Å². The van der Waals surface area contributed by atoms with Gasteiger partial charge in [0.2, 0.25) is 0 Å². The zero-order valence-corrected chi connectivity index (χ0v) is 15.9. The zero-order chi connectivity index (χ0) is 17.1. The lowest BCUT2D eigenvalue weighted by Gasteiger charge is -2.25. The van der Waals surface area contributed by atoms with Crippen LogP contribution in [-0.2, 0) is 0 Å². The van der Waals surface area contributed by atoms with Crippen LogP contribution < -0.4 is 5.32 Å². The summed E-state index contributed by atoms with van der Waals surface area (Å²) >= 11 is 0. The van der Waals surface area contributed by atoms with E-state index in [1.807, 2.05) is 30.9 Å². The molecule has 0 saturated carbocycles. The summed E-state index contributed by atoms with van der Waals surface area (Å²) in [6, 6.07) is 10.5. The van der Waals surface area contributed by atoms with E-state index < -0.39 is 0 Å². The lowest BCUT2D eigenvalue weighted by molar-refractivity contribution is 0.0735. The highest BCUT2D eigenvalue weighted by atomic mass is 35.5. The van der Waals surface area contributed by atoms with Gasteiger partial charge in [0.25, 0.3) is 5.91 Å². The first-order chi connectivity index (χ1) is 11.6. The van der Waals surface area contributed by atoms with Gasteiger partial charge >= 0.3 is 0 Å². The van der Waals surface area contributed by atoms with Gasteiger partial charge in [0.15, 0.2) is 0 Å². The van der Waals surface area contributed by atoms with Crippen LogP contribution in [0.2, 0.25) is 0 Å². The second-order valence-electron chi connectivity index (χ2n) is 6.68. The molecule has 136 valence electrons. The van der Waals surface area contributed by atoms with Crippen LogP contribution in [0.3, 0.4) is 0 Å². The molecule has 6 heteroatoms. The van der Waals surface area contributed by atoms with Gasteiger partial charge in [-0.05, 0) is 44.9 Å². The summed E-state index contributed by atoms with van der Waals surface area (Å²) in [5.41, 5.74) is 2.87. The van der Waals surface area contributed by atoms with Crippen LogP contribution >= 0.6 is 12.4 Å². The predicted molar refractivity (Wildman–Crippen MR) is 102 cm³/mol. The van der Waals surface area contributed by atoms with E-state index in [1.165, 1.54) is 5.56 Å². The molecule has 1 amide bonds. The predicted octanol–water partition coefficient (Wildman–Crippen LogP) is 3.37. The van der Waals surface area contributed by atoms with Gasteiger partial charge in [-0.1, -0.05) is 29.8 Å². The van der Waals surface area contributed by atoms with Crippen molar-refractivity contribution in [1.82, 2.24) is 20.0 Å². The Morgan fingerprint density at radius 2 is 2.04 bits per heavy atom. The Labute approximate surface area is 155 Å². The molecule has 25 heavy (non-hydrogen) atoms. The molecule has 0 spiro atoms. The maximum atomic E-state index is 12.8. The van der Waals surface area contributed by atoms with Gasteiger partial charge in [0, 0.05) is 19.8 Å². The van der Waals surface area contributed by atoms with Crippen molar-refractivity contribution in [2.24, 2.45) is 0 Å². The largest absolute Gasteiger partial charge is 0.334 e. The SMILES string of the molecule is Cc1ccc(C(C)N(C)C(=O)c2ccn(C3CCCNC3)n2)cc1.Cl. The van der Waals surface area contributed by atoms with Crippen molar-refractivity contribution in [1.29, 1.82) is 0 Å². The molecule has 1 N–H and O–H groups in total. The molecule has 1 aromatic heterocycles. The number of aromatic nitrogens is 2. The fourth-order valence-corrected chi connectivity index (χ4v) is 3.14. The molecule has 0 aliphatic carbocycles. The monoisotopic (exact) mass is 362 g/mol. The summed E-state index contributed by atoms with van der Waals surface area (Å²) < 4.78 is 1.93. The van der Waals surface area contributed by atoms with Crippen molar-refractivity contribution in [3.8, 4) is 0 Å². The Balaban J connectivity index is 0.00000225. The molecule has 0 radical (unpaired) electrons. The van der Waals surface area contributed by atoms with E-state index in [4.69, 9.17) is 0 Å². The summed E-state index contributed by atoms with van der Waals surface area (Å²) in [6.45, 7) is 6.10. The van der Waals surface area contributed by atoms with Gasteiger partial charge in [-0.3, -0.25) is 9.48 Å². The first-order valence-corrected chi connectivity index (χ1v) is 8.66. The third-order valence-electron chi connectivity index (χ3n) is 4.93. The number of rotatable bonds is 4. The van der Waals surface area contributed by atoms with Crippen LogP contribution in [0.15, 0.2) is 36.5 Å². The molecule has 2 atom stereocenters. The van der Waals surface area contributed by atoms with Gasteiger partial charge in [-0.2, -0.15) is 5.10 Å². The van der Waals surface area contributed by atoms with Crippen molar-refractivity contribution in [2.75, 3.05) is 20.1 Å². The highest BCUT2D eigenvalue weighted by molar-refractivity contribution is 5.92. The lowest BCUT2D eigenvalue weighted by Crippen LogP contribution is -2.33. The van der Waals surface area contributed by atoms with E-state index in [-0.39, 0.29) is 24.4 Å². The van der Waals surface area contributed by atoms with E-state index in [1.54, 1.807) is 4.90 Å². The van der Waals surface area contributed by atoms with E-state index in [0.29, 0.717) is 11.7 Å². The summed E-state index contributed by atoms with van der Waals surface area (Å²) in [6.07, 6.45) is 4.19. The van der Waals surface area contributed by atoms with E-state index >= 15 is 0 Å². The fraction of sp³-hybridized carbons (Fsp3) is 0.474. The first kappa shape index (κ1) is 19.5. The van der Waals surface area contributed by atoms with Gasteiger partial charge < -0.3 is 10.2 Å². The summed E-state index contributed by atoms with van der Waals surface area (Å²) in [5.74, 6) is -0.0365. The van der Waals surface area contributed by atoms with Crippen LogP contribution in [0, 0.1) is 6.92 Å². The number of piperidine rings is 1. The van der Waals surface area contributed by atoms with E-state index in [9.17, 15) is 4.79 Å². The second-order valence-corrected chi connectivity index (χ2v) is 6.68. The average molecular weight is 363 g/mol. The number of hydrogen-bond acceptors (Lipinski definition) is 3. The molecule has 1 aliphatic heterocycles. The standard InChI is InChI=1S/C19H26N4O.ClH/c1-14-6-8-16(9-7-14)15(2)22(3)19(24)18-10-12-23(21-18)17-5-4-11-20-13-17;/h6-10,12,15,17,20H,4-5,11,13H2,1-3H3;1H. The van der Waals surface area contributed by atoms with Crippen LogP contribution in [0.4, 0.5) is 0 Å². The molecular formula is C19H27ClN4O. The van der Waals surface area contributed by atoms with Gasteiger partial charge in [0.05, 0.1) is 12.1 Å². The second kappa shape index (κ2) is 8.50. The van der Waals surface area contributed by atoms with Crippen LogP contribution in [0.5, 0.6) is 0 Å². The number of nitrogens with one attached hydrogen (secondary N) is 1. The fourth-order valence-electron chi connectivity index (χ4n) is 3.14. The number of aryl methyl sites for hydroxylation is 1. The number of benzene rings is 1. The van der Waals surface area contributed by atoms with Gasteiger partial charge in [-0.15, -0.1) is 12.4 Å². The van der Waals surface area contributed by atoms with E-state index in [2.05, 4.69) is 41.6 Å². The molecule has 1 aromatic carbocycles. The Morgan fingerprint density at radius 3 is 2.68 bits per heavy atom. The highest BCUT2D eigenvalue weighted by Crippen LogP contribution is 2.21. The number of amides is 1. The van der Waals surface area contributed by atoms with Gasteiger partial charge in [-0.25, -0.2) is 0 Å². The minimum Gasteiger partial charge on any atom is -0.334 e. The molecule has 2 unspecified atom stereocenters. The van der Waals surface area contributed by atoms with Crippen LogP contribution in [0.1, 0.15) is 53.5 Å². The summed E-state index contributed by atoms with van der Waals surface area (Å²) in [5, 5.41) is 7.91. The maximum Gasteiger partial charge on any atom is 0.274 e. The third-order valence-corrected chi connectivity index (χ3v) is 4.93. The van der Waals surface area contributed by atoms with Crippen molar-refractivity contribution in [3.05, 3.63) is 53.3 Å². The van der Waals surface area contributed by atoms with Crippen molar-refractivity contribution >= 4 is 18.3 Å². The number of carbonyl (C=O) groups excluding carboxylic acids is 1. The van der Waals surface area contributed by atoms with Gasteiger partial charge in [0.1, 0.15) is 5.69 Å². The third kappa shape index (κ3) is 4.41. The molecule has 5 nitrogen and oxygen atoms in total. The average Bonchev–Trinajstić information content (AvgIpc) is 3.11. The molecular weight excluding hydrogens is 336 g/mol. The Morgan fingerprint density at radius 1 is 1.32 bits per heavy atom. The number of hydrogen-bond donors (Lipinski definition) is 1. The molecule has 2 aromatic rings. The topological polar surface area (TPSA) is 50.2 Å². The van der Waals surface area contributed by atoms with Crippen molar-refractivity contribution in [3.63, 3.8) is 0 Å². The molecule has 1 fully saturated rings. The quantitative estimate of drug-likeness (QED) is 0.907. The summed E-state index contributed by atoms with van der Waals surface area (Å²) in [7, 11) is 1.84. The molecule has 3 rings (SSSR count). The lowest BCUT2D eigenvalue weighted by atomic mass is 10.1. The van der Waals surface area contributed by atoms with Crippen LogP contribution in [-0.4, -0.2) is 40.7 Å². The zero-order valence-electron chi connectivity index (χ0n) is 15.1. The normalized spacial score (nSPS) is 18.3. The maximum absolute atomic E-state index is 12.8. The van der Waals surface area contributed by atoms with E-state index in [0.717, 1.165) is 31.5 Å². The van der Waals surface area contributed by atoms with Crippen molar-refractivity contribution in [2.45, 2.75) is 38.8 Å². The highest BCUT2D eigenvalue weighted by Gasteiger charge is 2.22. The minimum atomic E-state index is -0.0365. The number of carbonyl (C=O) groups is 1. The molecule has 1 aliphatic rings. The minimum absolute atomic E-state index is 0. The smallest absolute Gasteiger partial charge is 0.274 e. The first-order valence-electron chi connectivity index (χ1n) is 8.66. The molecule has 0 bridgehead atoms. The summed E-state index contributed by atoms with van der Waals surface area (Å²) in [4.78, 5) is 14.5. The Hall–Kier alpha value is -1.85. The molecule has 1 saturated heterocycles. The molecule has 2 heterocycles. The van der Waals surface area contributed by atoms with Crippen LogP contribution in [0.25, 0.3) is 0 Å². The number of nitrogens with zero attached hydrogens (tertiary/aromatic N) is 3. The Bertz CT molecular complexity index is 692. The number of halogens is 1.